The first-order valence-corrected chi connectivity index (χ1v) is 20.8. The summed E-state index contributed by atoms with van der Waals surface area (Å²) < 4.78 is 9.27. The van der Waals surface area contributed by atoms with Crippen molar-refractivity contribution in [3.05, 3.63) is 231 Å². The van der Waals surface area contributed by atoms with Gasteiger partial charge >= 0.3 is 0 Å². The molecule has 3 nitrogen and oxygen atoms in total. The molecule has 0 saturated heterocycles. The number of aromatic nitrogens is 1. The Morgan fingerprint density at radius 3 is 1.59 bits per heavy atom. The molecule has 0 amide bonds. The highest BCUT2D eigenvalue weighted by Gasteiger charge is 2.25. The van der Waals surface area contributed by atoms with Crippen LogP contribution in [0.3, 0.4) is 0 Å². The van der Waals surface area contributed by atoms with E-state index in [-0.39, 0.29) is 0 Å². The van der Waals surface area contributed by atoms with Gasteiger partial charge in [0.25, 0.3) is 0 Å². The van der Waals surface area contributed by atoms with Crippen molar-refractivity contribution >= 4 is 71.6 Å². The van der Waals surface area contributed by atoms with Crippen molar-refractivity contribution in [1.29, 1.82) is 0 Å². The second-order valence-corrected chi connectivity index (χ2v) is 15.7. The lowest BCUT2D eigenvalue weighted by Gasteiger charge is -2.29. The lowest BCUT2D eigenvalue weighted by molar-refractivity contribution is 0.670. The van der Waals surface area contributed by atoms with Crippen LogP contribution in [0.5, 0.6) is 0 Å². The number of fused-ring (bicyclic) bond motifs is 7. The summed E-state index contributed by atoms with van der Waals surface area (Å²) in [6.45, 7) is 0. The van der Waals surface area contributed by atoms with Gasteiger partial charge < -0.3 is 13.9 Å². The van der Waals surface area contributed by atoms with Gasteiger partial charge in [-0.15, -0.1) is 0 Å². The summed E-state index contributed by atoms with van der Waals surface area (Å²) in [7, 11) is 0. The molecule has 0 aliphatic carbocycles. The van der Waals surface area contributed by atoms with E-state index in [0.717, 1.165) is 66.8 Å². The average Bonchev–Trinajstić information content (AvgIpc) is 3.88. The zero-order valence-corrected chi connectivity index (χ0v) is 33.2. The highest BCUT2D eigenvalue weighted by molar-refractivity contribution is 6.16. The summed E-state index contributed by atoms with van der Waals surface area (Å²) in [5, 5.41) is 6.99. The van der Waals surface area contributed by atoms with E-state index in [1.54, 1.807) is 0 Å². The van der Waals surface area contributed by atoms with Gasteiger partial charge in [-0.2, -0.15) is 0 Å². The molecule has 0 aliphatic heterocycles. The molecule has 61 heavy (non-hydrogen) atoms. The van der Waals surface area contributed by atoms with Gasteiger partial charge in [0, 0.05) is 49.4 Å². The monoisotopic (exact) mass is 778 g/mol. The maximum atomic E-state index is 6.81. The maximum absolute atomic E-state index is 6.81. The van der Waals surface area contributed by atoms with Crippen LogP contribution in [0.1, 0.15) is 0 Å². The molecule has 0 bridgehead atoms. The van der Waals surface area contributed by atoms with Crippen LogP contribution >= 0.6 is 0 Å². The van der Waals surface area contributed by atoms with Crippen LogP contribution in [0.15, 0.2) is 235 Å². The molecule has 0 fully saturated rings. The standard InChI is InChI=1S/C58H38N2O/c1-3-15-39(16-4-1)41-29-33-44(34-30-41)59(45-35-31-42(32-36-45)40-17-5-2-6-18-40)55-38-56-51(37-52(55)50-25-14-24-49-48-23-10-12-28-57(48)61-58(49)50)47-22-9-11-26-54(47)60(56)53-27-13-20-43-19-7-8-21-46(43)53/h1-38H. The molecule has 0 aliphatic rings. The van der Waals surface area contributed by atoms with E-state index in [1.807, 2.05) is 6.07 Å². The van der Waals surface area contributed by atoms with Crippen LogP contribution in [-0.2, 0) is 0 Å². The van der Waals surface area contributed by atoms with Gasteiger partial charge in [0.05, 0.1) is 22.4 Å². The van der Waals surface area contributed by atoms with Crippen LogP contribution in [0, 0.1) is 0 Å². The van der Waals surface area contributed by atoms with Crippen molar-refractivity contribution in [2.24, 2.45) is 0 Å². The van der Waals surface area contributed by atoms with Crippen molar-refractivity contribution in [3.63, 3.8) is 0 Å². The number of anilines is 3. The SMILES string of the molecule is c1ccc(-c2ccc(N(c3ccc(-c4ccccc4)cc3)c3cc4c(cc3-c3cccc5c3oc3ccccc35)c3ccccc3n4-c3cccc4ccccc34)cc2)cc1. The minimum atomic E-state index is 0.876. The third kappa shape index (κ3) is 5.82. The molecule has 0 radical (unpaired) electrons. The van der Waals surface area contributed by atoms with Gasteiger partial charge in [-0.25, -0.2) is 0 Å². The largest absolute Gasteiger partial charge is 0.455 e. The lowest BCUT2D eigenvalue weighted by Crippen LogP contribution is -2.11. The zero-order chi connectivity index (χ0) is 40.3. The average molecular weight is 779 g/mol. The normalized spacial score (nSPS) is 11.6. The first kappa shape index (κ1) is 34.9. The van der Waals surface area contributed by atoms with Crippen molar-refractivity contribution in [2.45, 2.75) is 0 Å². The molecule has 2 heterocycles. The Morgan fingerprint density at radius 2 is 0.885 bits per heavy atom. The Bertz CT molecular complexity index is 3480. The highest BCUT2D eigenvalue weighted by Crippen LogP contribution is 2.48. The fraction of sp³-hybridized carbons (Fsp3) is 0. The first-order chi connectivity index (χ1) is 30.3. The molecule has 10 aromatic carbocycles. The van der Waals surface area contributed by atoms with E-state index in [1.165, 1.54) is 43.8 Å². The fourth-order valence-corrected chi connectivity index (χ4v) is 9.32. The van der Waals surface area contributed by atoms with Crippen LogP contribution < -0.4 is 4.90 Å². The number of nitrogens with zero attached hydrogens (tertiary/aromatic N) is 2. The van der Waals surface area contributed by atoms with Crippen molar-refractivity contribution in [3.8, 4) is 39.1 Å². The zero-order valence-electron chi connectivity index (χ0n) is 33.2. The summed E-state index contributed by atoms with van der Waals surface area (Å²) in [6, 6.07) is 83.0. The number of hydrogen-bond acceptors (Lipinski definition) is 2. The smallest absolute Gasteiger partial charge is 0.143 e. The molecular weight excluding hydrogens is 741 g/mol. The van der Waals surface area contributed by atoms with Crippen molar-refractivity contribution in [1.82, 2.24) is 4.57 Å². The summed E-state index contributed by atoms with van der Waals surface area (Å²) in [4.78, 5) is 2.42. The molecular formula is C58H38N2O. The van der Waals surface area contributed by atoms with Gasteiger partial charge in [0.15, 0.2) is 0 Å². The Morgan fingerprint density at radius 1 is 0.344 bits per heavy atom. The van der Waals surface area contributed by atoms with E-state index in [9.17, 15) is 0 Å². The molecule has 2 aromatic heterocycles. The molecule has 0 atom stereocenters. The summed E-state index contributed by atoms with van der Waals surface area (Å²) in [6.07, 6.45) is 0. The van der Waals surface area contributed by atoms with E-state index < -0.39 is 0 Å². The van der Waals surface area contributed by atoms with Gasteiger partial charge in [-0.05, 0) is 82.2 Å². The molecule has 3 heteroatoms. The topological polar surface area (TPSA) is 21.3 Å². The molecule has 0 spiro atoms. The summed E-state index contributed by atoms with van der Waals surface area (Å²) in [5.41, 5.74) is 15.2. The van der Waals surface area contributed by atoms with E-state index in [2.05, 4.69) is 234 Å². The van der Waals surface area contributed by atoms with Crippen LogP contribution in [0.4, 0.5) is 17.1 Å². The van der Waals surface area contributed by atoms with E-state index in [4.69, 9.17) is 4.42 Å². The fourth-order valence-electron chi connectivity index (χ4n) is 9.32. The highest BCUT2D eigenvalue weighted by atomic mass is 16.3. The second-order valence-electron chi connectivity index (χ2n) is 15.7. The predicted molar refractivity (Wildman–Crippen MR) is 257 cm³/mol. The van der Waals surface area contributed by atoms with Crippen LogP contribution in [0.25, 0.3) is 93.6 Å². The number of furan rings is 1. The van der Waals surface area contributed by atoms with Crippen LogP contribution in [0.2, 0.25) is 0 Å². The van der Waals surface area contributed by atoms with E-state index in [0.29, 0.717) is 0 Å². The predicted octanol–water partition coefficient (Wildman–Crippen LogP) is 16.3. The Hall–Kier alpha value is -8.14. The van der Waals surface area contributed by atoms with Gasteiger partial charge in [-0.3, -0.25) is 0 Å². The minimum absolute atomic E-state index is 0.876. The number of benzene rings is 10. The minimum Gasteiger partial charge on any atom is -0.455 e. The molecule has 0 saturated carbocycles. The van der Waals surface area contributed by atoms with Gasteiger partial charge in [-0.1, -0.05) is 176 Å². The maximum Gasteiger partial charge on any atom is 0.143 e. The van der Waals surface area contributed by atoms with Gasteiger partial charge in [0.2, 0.25) is 0 Å². The molecule has 0 unspecified atom stereocenters. The third-order valence-corrected chi connectivity index (χ3v) is 12.2. The molecule has 12 rings (SSSR count). The first-order valence-electron chi connectivity index (χ1n) is 20.8. The Balaban J connectivity index is 1.18. The molecule has 12 aromatic rings. The quantitative estimate of drug-likeness (QED) is 0.161. The van der Waals surface area contributed by atoms with E-state index >= 15 is 0 Å². The number of hydrogen-bond donors (Lipinski definition) is 0. The van der Waals surface area contributed by atoms with Crippen molar-refractivity contribution in [2.75, 3.05) is 4.90 Å². The molecule has 0 N–H and O–H groups in total. The number of rotatable bonds is 7. The Labute approximate surface area is 353 Å². The Kier molecular flexibility index (Phi) is 8.17. The summed E-state index contributed by atoms with van der Waals surface area (Å²) in [5.74, 6) is 0. The van der Waals surface area contributed by atoms with Crippen molar-refractivity contribution < 1.29 is 4.42 Å². The van der Waals surface area contributed by atoms with Crippen LogP contribution in [-0.4, -0.2) is 4.57 Å². The molecule has 286 valence electrons. The van der Waals surface area contributed by atoms with Gasteiger partial charge in [0.1, 0.15) is 11.2 Å². The third-order valence-electron chi connectivity index (χ3n) is 12.2. The number of para-hydroxylation sites is 3. The lowest BCUT2D eigenvalue weighted by atomic mass is 9.96. The summed E-state index contributed by atoms with van der Waals surface area (Å²) >= 11 is 0. The second kappa shape index (κ2) is 14.3.